The van der Waals surface area contributed by atoms with Gasteiger partial charge in [-0.15, -0.1) is 0 Å². The van der Waals surface area contributed by atoms with Crippen LogP contribution in [0.15, 0.2) is 28.9 Å². The number of halogens is 1. The molecule has 1 aliphatic carbocycles. The van der Waals surface area contributed by atoms with Crippen LogP contribution in [0.4, 0.5) is 0 Å². The average molecular weight is 266 g/mol. The Morgan fingerprint density at radius 1 is 1.40 bits per heavy atom. The second-order valence-electron chi connectivity index (χ2n) is 4.42. The van der Waals surface area contributed by atoms with E-state index < -0.39 is 5.60 Å². The van der Waals surface area contributed by atoms with E-state index in [1.165, 1.54) is 10.9 Å². The van der Waals surface area contributed by atoms with E-state index in [-0.39, 0.29) is 0 Å². The van der Waals surface area contributed by atoms with Crippen molar-refractivity contribution in [1.29, 1.82) is 0 Å². The molecule has 0 bridgehead atoms. The third-order valence-corrected chi connectivity index (χ3v) is 3.71. The number of H-pyrrole nitrogens is 1. The van der Waals surface area contributed by atoms with Gasteiger partial charge in [0.15, 0.2) is 0 Å². The number of hydrogen-bond acceptors (Lipinski definition) is 1. The fourth-order valence-electron chi connectivity index (χ4n) is 1.95. The third kappa shape index (κ3) is 1.70. The summed E-state index contributed by atoms with van der Waals surface area (Å²) in [5.74, 6) is 0. The van der Waals surface area contributed by atoms with Crippen LogP contribution in [0.25, 0.3) is 10.9 Å². The molecule has 0 amide bonds. The molecule has 1 heterocycles. The van der Waals surface area contributed by atoms with E-state index in [0.717, 1.165) is 29.3 Å². The topological polar surface area (TPSA) is 36.0 Å². The van der Waals surface area contributed by atoms with Gasteiger partial charge in [-0.3, -0.25) is 0 Å². The van der Waals surface area contributed by atoms with Crippen LogP contribution in [0.3, 0.4) is 0 Å². The minimum Gasteiger partial charge on any atom is -0.390 e. The van der Waals surface area contributed by atoms with Crippen LogP contribution in [0.2, 0.25) is 0 Å². The minimum absolute atomic E-state index is 0.405. The van der Waals surface area contributed by atoms with E-state index in [9.17, 15) is 5.11 Å². The number of nitrogens with one attached hydrogen (secondary N) is 1. The van der Waals surface area contributed by atoms with E-state index in [0.29, 0.717) is 0 Å². The first-order valence-electron chi connectivity index (χ1n) is 5.14. The molecule has 2 aromatic rings. The fourth-order valence-corrected chi connectivity index (χ4v) is 2.41. The summed E-state index contributed by atoms with van der Waals surface area (Å²) in [5, 5.41) is 11.0. The number of fused-ring (bicyclic) bond motifs is 1. The number of aromatic amines is 1. The Morgan fingerprint density at radius 3 is 2.93 bits per heavy atom. The Hall–Kier alpha value is -0.800. The zero-order valence-electron chi connectivity index (χ0n) is 8.26. The fraction of sp³-hybridized carbons (Fsp3) is 0.333. The Morgan fingerprint density at radius 2 is 2.20 bits per heavy atom. The van der Waals surface area contributed by atoms with Crippen molar-refractivity contribution in [2.75, 3.05) is 0 Å². The van der Waals surface area contributed by atoms with Crippen LogP contribution in [0.1, 0.15) is 18.4 Å². The van der Waals surface area contributed by atoms with Gasteiger partial charge in [0, 0.05) is 28.0 Å². The minimum atomic E-state index is -0.405. The molecule has 3 rings (SSSR count). The zero-order valence-corrected chi connectivity index (χ0v) is 9.84. The summed E-state index contributed by atoms with van der Waals surface area (Å²) in [7, 11) is 0. The molecule has 0 unspecified atom stereocenters. The number of rotatable bonds is 2. The maximum absolute atomic E-state index is 9.84. The third-order valence-electron chi connectivity index (χ3n) is 3.06. The molecule has 0 aliphatic heterocycles. The Balaban J connectivity index is 1.99. The van der Waals surface area contributed by atoms with Crippen LogP contribution >= 0.6 is 15.9 Å². The van der Waals surface area contributed by atoms with Gasteiger partial charge in [-0.2, -0.15) is 0 Å². The molecule has 0 atom stereocenters. The van der Waals surface area contributed by atoms with Crippen molar-refractivity contribution in [3.05, 3.63) is 34.4 Å². The van der Waals surface area contributed by atoms with Crippen LogP contribution in [0, 0.1) is 0 Å². The van der Waals surface area contributed by atoms with Gasteiger partial charge >= 0.3 is 0 Å². The molecule has 15 heavy (non-hydrogen) atoms. The van der Waals surface area contributed by atoms with Crippen LogP contribution in [-0.2, 0) is 6.42 Å². The SMILES string of the molecule is OC1(Cc2ccc3c(Br)c[nH]c3c2)CC1. The number of benzene rings is 1. The van der Waals surface area contributed by atoms with Gasteiger partial charge in [-0.1, -0.05) is 12.1 Å². The second-order valence-corrected chi connectivity index (χ2v) is 5.27. The molecule has 1 saturated carbocycles. The zero-order chi connectivity index (χ0) is 10.5. The second kappa shape index (κ2) is 3.09. The normalized spacial score (nSPS) is 18.3. The van der Waals surface area contributed by atoms with Crippen molar-refractivity contribution >= 4 is 26.8 Å². The number of hydrogen-bond donors (Lipinski definition) is 2. The van der Waals surface area contributed by atoms with Crippen molar-refractivity contribution in [2.24, 2.45) is 0 Å². The highest BCUT2D eigenvalue weighted by molar-refractivity contribution is 9.10. The lowest BCUT2D eigenvalue weighted by atomic mass is 10.1. The maximum Gasteiger partial charge on any atom is 0.0690 e. The van der Waals surface area contributed by atoms with Crippen molar-refractivity contribution in [1.82, 2.24) is 4.98 Å². The van der Waals surface area contributed by atoms with E-state index >= 15 is 0 Å². The quantitative estimate of drug-likeness (QED) is 0.861. The smallest absolute Gasteiger partial charge is 0.0690 e. The van der Waals surface area contributed by atoms with Gasteiger partial charge in [0.25, 0.3) is 0 Å². The molecular formula is C12H12BrNO. The van der Waals surface area contributed by atoms with Gasteiger partial charge in [0.05, 0.1) is 5.60 Å². The summed E-state index contributed by atoms with van der Waals surface area (Å²) in [6, 6.07) is 6.31. The first-order valence-corrected chi connectivity index (χ1v) is 5.94. The predicted octanol–water partition coefficient (Wildman–Crippen LogP) is 3.00. The van der Waals surface area contributed by atoms with E-state index in [4.69, 9.17) is 0 Å². The summed E-state index contributed by atoms with van der Waals surface area (Å²) in [6.45, 7) is 0. The van der Waals surface area contributed by atoms with Crippen LogP contribution in [-0.4, -0.2) is 15.7 Å². The lowest BCUT2D eigenvalue weighted by Crippen LogP contribution is -2.10. The first-order chi connectivity index (χ1) is 7.16. The molecule has 2 N–H and O–H groups in total. The first kappa shape index (κ1) is 9.43. The van der Waals surface area contributed by atoms with Gasteiger partial charge in [-0.05, 0) is 40.4 Å². The van der Waals surface area contributed by atoms with Crippen LogP contribution < -0.4 is 0 Å². The van der Waals surface area contributed by atoms with E-state index in [1.807, 2.05) is 6.20 Å². The highest BCUT2D eigenvalue weighted by atomic mass is 79.9. The summed E-state index contributed by atoms with van der Waals surface area (Å²) in [6.07, 6.45) is 4.61. The summed E-state index contributed by atoms with van der Waals surface area (Å²) < 4.78 is 1.09. The molecular weight excluding hydrogens is 254 g/mol. The highest BCUT2D eigenvalue weighted by Gasteiger charge is 2.40. The molecule has 0 spiro atoms. The monoisotopic (exact) mass is 265 g/mol. The average Bonchev–Trinajstić information content (AvgIpc) is 2.81. The van der Waals surface area contributed by atoms with Crippen molar-refractivity contribution in [3.63, 3.8) is 0 Å². The van der Waals surface area contributed by atoms with Gasteiger partial charge in [-0.25, -0.2) is 0 Å². The number of aromatic nitrogens is 1. The predicted molar refractivity (Wildman–Crippen MR) is 63.9 cm³/mol. The molecule has 1 aliphatic rings. The standard InChI is InChI=1S/C12H12BrNO/c13-10-7-14-11-5-8(1-2-9(10)11)6-12(15)3-4-12/h1-2,5,7,14-15H,3-4,6H2. The molecule has 2 nitrogen and oxygen atoms in total. The Kier molecular flexibility index (Phi) is 1.94. The van der Waals surface area contributed by atoms with E-state index in [1.54, 1.807) is 0 Å². The summed E-state index contributed by atoms with van der Waals surface area (Å²) in [5.41, 5.74) is 1.93. The number of aliphatic hydroxyl groups is 1. The van der Waals surface area contributed by atoms with Crippen molar-refractivity contribution < 1.29 is 5.11 Å². The van der Waals surface area contributed by atoms with Gasteiger partial charge < -0.3 is 10.1 Å². The lowest BCUT2D eigenvalue weighted by molar-refractivity contribution is 0.151. The maximum atomic E-state index is 9.84. The van der Waals surface area contributed by atoms with Crippen LogP contribution in [0.5, 0.6) is 0 Å². The molecule has 1 aromatic heterocycles. The molecule has 1 aromatic carbocycles. The molecule has 0 saturated heterocycles. The van der Waals surface area contributed by atoms with Gasteiger partial charge in [0.1, 0.15) is 0 Å². The van der Waals surface area contributed by atoms with Crippen molar-refractivity contribution in [3.8, 4) is 0 Å². The lowest BCUT2D eigenvalue weighted by Gasteiger charge is -2.07. The van der Waals surface area contributed by atoms with Crippen molar-refractivity contribution in [2.45, 2.75) is 24.9 Å². The van der Waals surface area contributed by atoms with Gasteiger partial charge in [0.2, 0.25) is 0 Å². The van der Waals surface area contributed by atoms with E-state index in [2.05, 4.69) is 39.1 Å². The Bertz CT molecular complexity index is 513. The largest absolute Gasteiger partial charge is 0.390 e. The molecule has 3 heteroatoms. The highest BCUT2D eigenvalue weighted by Crippen LogP contribution is 2.38. The molecule has 78 valence electrons. The summed E-state index contributed by atoms with van der Waals surface area (Å²) >= 11 is 3.48. The molecule has 0 radical (unpaired) electrons. The molecule has 1 fully saturated rings. The summed E-state index contributed by atoms with van der Waals surface area (Å²) in [4.78, 5) is 3.21. The Labute approximate surface area is 96.4 Å².